The Hall–Kier alpha value is -3.83. The van der Waals surface area contributed by atoms with Crippen LogP contribution in [0.4, 0.5) is 0 Å². The van der Waals surface area contributed by atoms with Gasteiger partial charge >= 0.3 is 5.97 Å². The molecule has 0 fully saturated rings. The number of aromatic nitrogens is 1. The number of quaternary nitrogens is 1. The van der Waals surface area contributed by atoms with Crippen LogP contribution < -0.4 is 4.90 Å². The lowest BCUT2D eigenvalue weighted by atomic mass is 9.95. The zero-order valence-corrected chi connectivity index (χ0v) is 18.5. The number of carbonyl (C=O) groups is 2. The number of hydrogen-bond donors (Lipinski definition) is 1. The Morgan fingerprint density at radius 1 is 0.909 bits per heavy atom. The van der Waals surface area contributed by atoms with E-state index in [0.717, 1.165) is 35.1 Å². The molecule has 0 saturated heterocycles. The fourth-order valence-electron chi connectivity index (χ4n) is 4.48. The summed E-state index contributed by atoms with van der Waals surface area (Å²) in [4.78, 5) is 33.3. The van der Waals surface area contributed by atoms with Gasteiger partial charge in [-0.2, -0.15) is 0 Å². The summed E-state index contributed by atoms with van der Waals surface area (Å²) in [5.74, 6) is -0.734. The van der Waals surface area contributed by atoms with E-state index in [1.54, 1.807) is 12.1 Å². The van der Waals surface area contributed by atoms with Crippen molar-refractivity contribution in [2.75, 3.05) is 13.6 Å². The second kappa shape index (κ2) is 8.96. The van der Waals surface area contributed by atoms with Crippen molar-refractivity contribution in [2.24, 2.45) is 0 Å². The molecule has 0 spiro atoms. The molecule has 1 aliphatic rings. The van der Waals surface area contributed by atoms with E-state index in [0.29, 0.717) is 23.2 Å². The molecule has 0 aliphatic carbocycles. The fraction of sp³-hybridized carbons (Fsp3) is 0.179. The van der Waals surface area contributed by atoms with Crippen LogP contribution in [0.15, 0.2) is 84.9 Å². The number of fused-ring (bicyclic) bond motifs is 2. The number of pyridine rings is 1. The molecule has 2 atom stereocenters. The van der Waals surface area contributed by atoms with Crippen molar-refractivity contribution in [1.82, 2.24) is 4.98 Å². The maximum atomic E-state index is 13.7. The van der Waals surface area contributed by atoms with Crippen molar-refractivity contribution in [2.45, 2.75) is 19.1 Å². The highest BCUT2D eigenvalue weighted by molar-refractivity contribution is 6.07. The Labute approximate surface area is 192 Å². The van der Waals surface area contributed by atoms with E-state index in [2.05, 4.69) is 7.05 Å². The Morgan fingerprint density at radius 2 is 1.58 bits per heavy atom. The van der Waals surface area contributed by atoms with Crippen molar-refractivity contribution in [3.63, 3.8) is 0 Å². The first-order valence-corrected chi connectivity index (χ1v) is 11.2. The minimum atomic E-state index is -1.03. The number of Topliss-reactive ketones (excluding diaryl/α,β-unsaturated/α-hetero) is 1. The summed E-state index contributed by atoms with van der Waals surface area (Å²) >= 11 is 0. The Kier molecular flexibility index (Phi) is 5.71. The van der Waals surface area contributed by atoms with Crippen molar-refractivity contribution in [1.29, 1.82) is 0 Å². The van der Waals surface area contributed by atoms with Gasteiger partial charge in [0, 0.05) is 28.5 Å². The number of nitrogens with one attached hydrogen (secondary N) is 1. The van der Waals surface area contributed by atoms with Gasteiger partial charge in [-0.1, -0.05) is 78.9 Å². The summed E-state index contributed by atoms with van der Waals surface area (Å²) in [5, 5.41) is 0.759. The zero-order chi connectivity index (χ0) is 22.8. The lowest BCUT2D eigenvalue weighted by molar-refractivity contribution is -0.895. The molecule has 164 valence electrons. The van der Waals surface area contributed by atoms with Gasteiger partial charge < -0.3 is 9.64 Å². The summed E-state index contributed by atoms with van der Waals surface area (Å²) in [6.07, 6.45) is -0.227. The number of rotatable bonds is 5. The number of likely N-dealkylation sites (N-methyl/N-ethyl adjacent to an activating group) is 1. The van der Waals surface area contributed by atoms with Gasteiger partial charge in [0.25, 0.3) is 0 Å². The number of nitrogens with zero attached hydrogens (tertiary/aromatic N) is 1. The Bertz CT molecular complexity index is 1320. The van der Waals surface area contributed by atoms with Crippen molar-refractivity contribution in [3.8, 4) is 0 Å². The highest BCUT2D eigenvalue weighted by atomic mass is 16.5. The summed E-state index contributed by atoms with van der Waals surface area (Å²) in [5.41, 5.74) is 4.31. The molecular weight excluding hydrogens is 412 g/mol. The van der Waals surface area contributed by atoms with Crippen LogP contribution in [0.25, 0.3) is 10.9 Å². The second-order valence-corrected chi connectivity index (χ2v) is 8.49. The van der Waals surface area contributed by atoms with E-state index >= 15 is 0 Å². The van der Waals surface area contributed by atoms with Crippen LogP contribution in [-0.4, -0.2) is 30.3 Å². The van der Waals surface area contributed by atoms with E-state index < -0.39 is 12.1 Å². The maximum Gasteiger partial charge on any atom is 0.340 e. The van der Waals surface area contributed by atoms with Crippen LogP contribution in [0.1, 0.15) is 43.6 Å². The molecule has 1 N–H and O–H groups in total. The molecule has 33 heavy (non-hydrogen) atoms. The molecular formula is C28H25N2O3+. The summed E-state index contributed by atoms with van der Waals surface area (Å²) in [6.45, 7) is 1.66. The molecule has 0 amide bonds. The van der Waals surface area contributed by atoms with E-state index in [1.807, 2.05) is 72.8 Å². The highest BCUT2D eigenvalue weighted by Crippen LogP contribution is 2.29. The molecule has 3 aromatic carbocycles. The lowest BCUT2D eigenvalue weighted by Gasteiger charge is -2.25. The number of ether oxygens (including phenoxy) is 1. The SMILES string of the molecule is C[NH+]1CCc2nc3ccccc3c(C(=O)O[C@@H](C(=O)c3ccccc3)c3ccccc3)c2C1. The van der Waals surface area contributed by atoms with Crippen molar-refractivity contribution >= 4 is 22.7 Å². The average Bonchev–Trinajstić information content (AvgIpc) is 2.86. The summed E-state index contributed by atoms with van der Waals surface area (Å²) in [7, 11) is 2.11. The first kappa shape index (κ1) is 21.0. The summed E-state index contributed by atoms with van der Waals surface area (Å²) in [6, 6.07) is 25.8. The average molecular weight is 438 g/mol. The van der Waals surface area contributed by atoms with Gasteiger partial charge in [-0.05, 0) is 6.07 Å². The third-order valence-corrected chi connectivity index (χ3v) is 6.17. The number of hydrogen-bond acceptors (Lipinski definition) is 4. The summed E-state index contributed by atoms with van der Waals surface area (Å²) < 4.78 is 6.02. The molecule has 1 aromatic heterocycles. The predicted octanol–water partition coefficient (Wildman–Crippen LogP) is 3.59. The number of ketones is 1. The van der Waals surface area contributed by atoms with Gasteiger partial charge in [-0.15, -0.1) is 0 Å². The third-order valence-electron chi connectivity index (χ3n) is 6.17. The molecule has 5 heteroatoms. The second-order valence-electron chi connectivity index (χ2n) is 8.49. The van der Waals surface area contributed by atoms with Crippen LogP contribution in [0.3, 0.4) is 0 Å². The molecule has 5 rings (SSSR count). The quantitative estimate of drug-likeness (QED) is 0.383. The molecule has 0 bridgehead atoms. The minimum Gasteiger partial charge on any atom is -0.445 e. The third kappa shape index (κ3) is 4.15. The Balaban J connectivity index is 1.60. The van der Waals surface area contributed by atoms with Gasteiger partial charge in [0.1, 0.15) is 6.54 Å². The van der Waals surface area contributed by atoms with E-state index in [1.165, 1.54) is 4.90 Å². The normalized spacial score (nSPS) is 16.1. The molecule has 4 aromatic rings. The topological polar surface area (TPSA) is 60.7 Å². The van der Waals surface area contributed by atoms with Crippen LogP contribution in [0, 0.1) is 0 Å². The van der Waals surface area contributed by atoms with E-state index in [-0.39, 0.29) is 5.78 Å². The molecule has 1 aliphatic heterocycles. The zero-order valence-electron chi connectivity index (χ0n) is 18.5. The standard InChI is InChI=1S/C28H24N2O3/c1-30-17-16-24-22(18-30)25(21-14-8-9-15-23(21)29-24)28(32)33-27(20-12-6-3-7-13-20)26(31)19-10-4-2-5-11-19/h2-15,27H,16-18H2,1H3/p+1/t27-/m1/s1. The van der Waals surface area contributed by atoms with Crippen LogP contribution in [-0.2, 0) is 17.7 Å². The van der Waals surface area contributed by atoms with Crippen LogP contribution in [0.5, 0.6) is 0 Å². The van der Waals surface area contributed by atoms with Crippen molar-refractivity contribution in [3.05, 3.63) is 113 Å². The van der Waals surface area contributed by atoms with Gasteiger partial charge in [0.15, 0.2) is 6.10 Å². The molecule has 5 nitrogen and oxygen atoms in total. The van der Waals surface area contributed by atoms with Crippen LogP contribution in [0.2, 0.25) is 0 Å². The van der Waals surface area contributed by atoms with E-state index in [4.69, 9.17) is 9.72 Å². The van der Waals surface area contributed by atoms with Gasteiger partial charge in [0.2, 0.25) is 5.78 Å². The Morgan fingerprint density at radius 3 is 2.33 bits per heavy atom. The first-order valence-electron chi connectivity index (χ1n) is 11.2. The van der Waals surface area contributed by atoms with Gasteiger partial charge in [-0.25, -0.2) is 4.79 Å². The highest BCUT2D eigenvalue weighted by Gasteiger charge is 2.31. The van der Waals surface area contributed by atoms with Gasteiger partial charge in [0.05, 0.1) is 30.4 Å². The minimum absolute atomic E-state index is 0.245. The van der Waals surface area contributed by atoms with Crippen LogP contribution >= 0.6 is 0 Å². The number of esters is 1. The van der Waals surface area contributed by atoms with Crippen molar-refractivity contribution < 1.29 is 19.2 Å². The smallest absolute Gasteiger partial charge is 0.340 e. The maximum absolute atomic E-state index is 13.7. The first-order chi connectivity index (χ1) is 16.1. The number of carbonyl (C=O) groups excluding carboxylic acids is 2. The molecule has 0 saturated carbocycles. The molecule has 2 heterocycles. The lowest BCUT2D eigenvalue weighted by Crippen LogP contribution is -3.08. The number of para-hydroxylation sites is 1. The predicted molar refractivity (Wildman–Crippen MR) is 126 cm³/mol. The fourth-order valence-corrected chi connectivity index (χ4v) is 4.48. The monoisotopic (exact) mass is 437 g/mol. The largest absolute Gasteiger partial charge is 0.445 e. The number of benzene rings is 3. The van der Waals surface area contributed by atoms with E-state index in [9.17, 15) is 9.59 Å². The molecule has 0 radical (unpaired) electrons. The van der Waals surface area contributed by atoms with Gasteiger partial charge in [-0.3, -0.25) is 9.78 Å². The molecule has 1 unspecified atom stereocenters.